The van der Waals surface area contributed by atoms with Crippen molar-refractivity contribution in [2.75, 3.05) is 5.32 Å². The van der Waals surface area contributed by atoms with Crippen molar-refractivity contribution in [1.29, 1.82) is 0 Å². The Hall–Kier alpha value is -3.13. The summed E-state index contributed by atoms with van der Waals surface area (Å²) in [6, 6.07) is 10.2. The molecular formula is C23H16Cl3N5O2. The summed E-state index contributed by atoms with van der Waals surface area (Å²) >= 11 is 18.9. The van der Waals surface area contributed by atoms with E-state index in [-0.39, 0.29) is 44.1 Å². The zero-order valence-electron chi connectivity index (χ0n) is 17.0. The highest BCUT2D eigenvalue weighted by Gasteiger charge is 2.27. The average molecular weight is 501 g/mol. The molecule has 0 saturated heterocycles. The van der Waals surface area contributed by atoms with Crippen molar-refractivity contribution >= 4 is 57.8 Å². The van der Waals surface area contributed by atoms with Gasteiger partial charge in [0.1, 0.15) is 5.15 Å². The number of amides is 2. The Labute approximate surface area is 203 Å². The third-order valence-electron chi connectivity index (χ3n) is 5.25. The van der Waals surface area contributed by atoms with Crippen LogP contribution in [0.5, 0.6) is 0 Å². The van der Waals surface area contributed by atoms with Gasteiger partial charge in [-0.15, -0.1) is 0 Å². The Morgan fingerprint density at radius 2 is 1.85 bits per heavy atom. The predicted molar refractivity (Wildman–Crippen MR) is 128 cm³/mol. The van der Waals surface area contributed by atoms with Crippen molar-refractivity contribution in [2.24, 2.45) is 0 Å². The summed E-state index contributed by atoms with van der Waals surface area (Å²) in [5.41, 5.74) is 2.19. The van der Waals surface area contributed by atoms with Crippen molar-refractivity contribution in [2.45, 2.75) is 18.9 Å². The van der Waals surface area contributed by atoms with E-state index < -0.39 is 5.91 Å². The molecule has 2 N–H and O–H groups in total. The van der Waals surface area contributed by atoms with Crippen LogP contribution >= 0.6 is 34.8 Å². The van der Waals surface area contributed by atoms with E-state index in [4.69, 9.17) is 34.8 Å². The Morgan fingerprint density at radius 1 is 1.03 bits per heavy atom. The van der Waals surface area contributed by atoms with Gasteiger partial charge in [-0.05, 0) is 49.2 Å². The SMILES string of the molecule is O=C(NC1CC1)c1cc(Cl)cc(Cl)c1NC(=O)c1ncc2cccn2c1-c1cccnc1Cl. The number of nitrogens with zero attached hydrogens (tertiary/aromatic N) is 3. The Bertz CT molecular complexity index is 1410. The van der Waals surface area contributed by atoms with Gasteiger partial charge in [0.2, 0.25) is 0 Å². The first-order valence-corrected chi connectivity index (χ1v) is 11.2. The van der Waals surface area contributed by atoms with Gasteiger partial charge in [-0.1, -0.05) is 34.8 Å². The summed E-state index contributed by atoms with van der Waals surface area (Å²) in [6.07, 6.45) is 6.77. The first kappa shape index (κ1) is 21.7. The molecule has 4 aromatic rings. The van der Waals surface area contributed by atoms with E-state index in [1.807, 2.05) is 12.1 Å². The van der Waals surface area contributed by atoms with Crippen LogP contribution in [0, 0.1) is 0 Å². The summed E-state index contributed by atoms with van der Waals surface area (Å²) in [7, 11) is 0. The zero-order chi connectivity index (χ0) is 23.1. The largest absolute Gasteiger partial charge is 0.349 e. The predicted octanol–water partition coefficient (Wildman–Crippen LogP) is 5.50. The number of hydrogen-bond donors (Lipinski definition) is 2. The number of halogens is 3. The van der Waals surface area contributed by atoms with Crippen LogP contribution in [0.15, 0.2) is 55.0 Å². The van der Waals surface area contributed by atoms with Crippen molar-refractivity contribution in [3.05, 3.63) is 81.4 Å². The Balaban J connectivity index is 1.59. The molecule has 0 atom stereocenters. The van der Waals surface area contributed by atoms with Crippen LogP contribution in [0.3, 0.4) is 0 Å². The van der Waals surface area contributed by atoms with Crippen molar-refractivity contribution in [3.8, 4) is 11.3 Å². The summed E-state index contributed by atoms with van der Waals surface area (Å²) in [6.45, 7) is 0. The van der Waals surface area contributed by atoms with E-state index in [1.54, 1.807) is 35.1 Å². The van der Waals surface area contributed by atoms with Gasteiger partial charge < -0.3 is 15.0 Å². The standard InChI is InChI=1S/C23H16Cl3N5O2/c24-12-9-16(22(32)29-13-5-6-13)18(17(25)10-12)30-23(33)19-20(15-4-1-7-27-21(15)26)31-8-2-3-14(31)11-28-19/h1-4,7-11,13H,5-6H2,(H,29,32)(H,30,33). The Kier molecular flexibility index (Phi) is 5.70. The number of aromatic nitrogens is 3. The number of hydrogen-bond acceptors (Lipinski definition) is 4. The van der Waals surface area contributed by atoms with Crippen molar-refractivity contribution in [3.63, 3.8) is 0 Å². The number of benzene rings is 1. The molecular weight excluding hydrogens is 485 g/mol. The highest BCUT2D eigenvalue weighted by Crippen LogP contribution is 2.33. The van der Waals surface area contributed by atoms with Gasteiger partial charge in [-0.25, -0.2) is 9.97 Å². The average Bonchev–Trinajstić information content (AvgIpc) is 3.47. The van der Waals surface area contributed by atoms with Gasteiger partial charge >= 0.3 is 0 Å². The van der Waals surface area contributed by atoms with Gasteiger partial charge in [0.15, 0.2) is 5.69 Å². The molecule has 0 unspecified atom stereocenters. The number of fused-ring (bicyclic) bond motifs is 1. The van der Waals surface area contributed by atoms with Crippen molar-refractivity contribution in [1.82, 2.24) is 19.7 Å². The maximum absolute atomic E-state index is 13.5. The van der Waals surface area contributed by atoms with E-state index in [0.29, 0.717) is 11.3 Å². The first-order chi connectivity index (χ1) is 15.9. The number of anilines is 1. The second kappa shape index (κ2) is 8.67. The molecule has 0 spiro atoms. The van der Waals surface area contributed by atoms with Gasteiger partial charge in [0.05, 0.1) is 33.7 Å². The second-order valence-corrected chi connectivity index (χ2v) is 8.81. The highest BCUT2D eigenvalue weighted by atomic mass is 35.5. The molecule has 5 rings (SSSR count). The summed E-state index contributed by atoms with van der Waals surface area (Å²) in [5, 5.41) is 6.29. The minimum Gasteiger partial charge on any atom is -0.349 e. The third-order valence-corrected chi connectivity index (χ3v) is 6.07. The fourth-order valence-electron chi connectivity index (χ4n) is 3.54. The maximum Gasteiger partial charge on any atom is 0.276 e. The van der Waals surface area contributed by atoms with Crippen LogP contribution in [0.4, 0.5) is 5.69 Å². The molecule has 0 radical (unpaired) electrons. The number of carbonyl (C=O) groups excluding carboxylic acids is 2. The maximum atomic E-state index is 13.5. The minimum atomic E-state index is -0.565. The Morgan fingerprint density at radius 3 is 2.61 bits per heavy atom. The molecule has 1 aliphatic carbocycles. The summed E-state index contributed by atoms with van der Waals surface area (Å²) in [4.78, 5) is 34.8. The first-order valence-electron chi connectivity index (χ1n) is 10.1. The summed E-state index contributed by atoms with van der Waals surface area (Å²) < 4.78 is 1.80. The highest BCUT2D eigenvalue weighted by molar-refractivity contribution is 6.38. The minimum absolute atomic E-state index is 0.0909. The van der Waals surface area contributed by atoms with Crippen LogP contribution < -0.4 is 10.6 Å². The lowest BCUT2D eigenvalue weighted by Crippen LogP contribution is -2.27. The van der Waals surface area contributed by atoms with Crippen molar-refractivity contribution < 1.29 is 9.59 Å². The molecule has 2 amide bonds. The topological polar surface area (TPSA) is 88.4 Å². The van der Waals surface area contributed by atoms with Crippen LogP contribution in [0.25, 0.3) is 16.8 Å². The normalized spacial score (nSPS) is 13.2. The molecule has 0 aliphatic heterocycles. The third kappa shape index (κ3) is 4.27. The molecule has 1 aromatic carbocycles. The number of nitrogens with one attached hydrogen (secondary N) is 2. The molecule has 7 nitrogen and oxygen atoms in total. The number of carbonyl (C=O) groups is 2. The van der Waals surface area contributed by atoms with Crippen LogP contribution in [-0.2, 0) is 0 Å². The zero-order valence-corrected chi connectivity index (χ0v) is 19.2. The van der Waals surface area contributed by atoms with Crippen LogP contribution in [0.2, 0.25) is 15.2 Å². The second-order valence-electron chi connectivity index (χ2n) is 7.61. The van der Waals surface area contributed by atoms with E-state index in [9.17, 15) is 9.59 Å². The van der Waals surface area contributed by atoms with Crippen LogP contribution in [-0.4, -0.2) is 32.2 Å². The van der Waals surface area contributed by atoms with Gasteiger partial charge in [0.25, 0.3) is 11.8 Å². The lowest BCUT2D eigenvalue weighted by Gasteiger charge is -2.16. The van der Waals surface area contributed by atoms with Gasteiger partial charge in [-0.2, -0.15) is 0 Å². The summed E-state index contributed by atoms with van der Waals surface area (Å²) in [5.74, 6) is -0.924. The monoisotopic (exact) mass is 499 g/mol. The number of rotatable bonds is 5. The van der Waals surface area contributed by atoms with E-state index in [0.717, 1.165) is 18.4 Å². The molecule has 1 aliphatic rings. The van der Waals surface area contributed by atoms with E-state index >= 15 is 0 Å². The van der Waals surface area contributed by atoms with Gasteiger partial charge in [0, 0.05) is 29.0 Å². The fourth-order valence-corrected chi connectivity index (χ4v) is 4.29. The molecule has 1 fully saturated rings. The van der Waals surface area contributed by atoms with Crippen LogP contribution in [0.1, 0.15) is 33.7 Å². The molecule has 1 saturated carbocycles. The smallest absolute Gasteiger partial charge is 0.276 e. The van der Waals surface area contributed by atoms with E-state index in [2.05, 4.69) is 20.6 Å². The lowest BCUT2D eigenvalue weighted by molar-refractivity contribution is 0.0952. The molecule has 3 heterocycles. The number of pyridine rings is 1. The molecule has 3 aromatic heterocycles. The fraction of sp³-hybridized carbons (Fsp3) is 0.130. The quantitative estimate of drug-likeness (QED) is 0.354. The van der Waals surface area contributed by atoms with Gasteiger partial charge in [-0.3, -0.25) is 9.59 Å². The molecule has 166 valence electrons. The lowest BCUT2D eigenvalue weighted by atomic mass is 10.1. The molecule has 33 heavy (non-hydrogen) atoms. The van der Waals surface area contributed by atoms with E-state index in [1.165, 1.54) is 12.1 Å². The molecule has 0 bridgehead atoms. The molecule has 10 heteroatoms.